The number of hydrogen-bond donors (Lipinski definition) is 1. The van der Waals surface area contributed by atoms with Gasteiger partial charge in [-0.3, -0.25) is 0 Å². The summed E-state index contributed by atoms with van der Waals surface area (Å²) in [6.45, 7) is 8.64. The Morgan fingerprint density at radius 3 is 2.25 bits per heavy atom. The highest BCUT2D eigenvalue weighted by Crippen LogP contribution is 2.08. The van der Waals surface area contributed by atoms with Crippen LogP contribution < -0.4 is 0 Å². The van der Waals surface area contributed by atoms with Crippen molar-refractivity contribution < 1.29 is 5.11 Å². The quantitative estimate of drug-likeness (QED) is 0.548. The van der Waals surface area contributed by atoms with Crippen molar-refractivity contribution in [1.82, 2.24) is 0 Å². The molecule has 0 aromatic carbocycles. The first kappa shape index (κ1) is 7.44. The largest absolute Gasteiger partial charge is 0.386 e. The van der Waals surface area contributed by atoms with E-state index in [1.807, 2.05) is 0 Å². The van der Waals surface area contributed by atoms with Crippen molar-refractivity contribution in [2.45, 2.75) is 18.9 Å². The minimum absolute atomic E-state index is 0.566. The van der Waals surface area contributed by atoms with Crippen LogP contribution in [0.5, 0.6) is 0 Å². The molecule has 0 aliphatic heterocycles. The van der Waals surface area contributed by atoms with E-state index in [4.69, 9.17) is 5.11 Å². The summed E-state index contributed by atoms with van der Waals surface area (Å²) in [4.78, 5) is 0. The second kappa shape index (κ2) is 2.68. The fourth-order valence-electron chi connectivity index (χ4n) is 0.376. The molecule has 0 rings (SSSR count). The van der Waals surface area contributed by atoms with Crippen molar-refractivity contribution in [3.05, 3.63) is 25.3 Å². The molecule has 0 aromatic rings. The van der Waals surface area contributed by atoms with Gasteiger partial charge in [0.25, 0.3) is 0 Å². The van der Waals surface area contributed by atoms with Gasteiger partial charge in [0, 0.05) is 0 Å². The van der Waals surface area contributed by atoms with Gasteiger partial charge >= 0.3 is 0 Å². The van der Waals surface area contributed by atoms with Crippen LogP contribution in [0.15, 0.2) is 25.3 Å². The lowest BCUT2D eigenvalue weighted by Gasteiger charge is -2.14. The molecule has 0 saturated heterocycles. The highest BCUT2D eigenvalue weighted by atomic mass is 16.3. The Morgan fingerprint density at radius 2 is 2.12 bits per heavy atom. The van der Waals surface area contributed by atoms with Gasteiger partial charge in [0.1, 0.15) is 0 Å². The fraction of sp³-hybridized carbons (Fsp3) is 0.429. The van der Waals surface area contributed by atoms with Gasteiger partial charge in [-0.25, -0.2) is 0 Å². The Balaban J connectivity index is 3.70. The zero-order chi connectivity index (χ0) is 6.62. The van der Waals surface area contributed by atoms with Crippen LogP contribution in [0.2, 0.25) is 0 Å². The monoisotopic (exact) mass is 112 g/mol. The number of hydrogen-bond acceptors (Lipinski definition) is 1. The summed E-state index contributed by atoms with van der Waals surface area (Å²) in [7, 11) is 0. The predicted octanol–water partition coefficient (Wildman–Crippen LogP) is 1.50. The summed E-state index contributed by atoms with van der Waals surface area (Å²) in [5.74, 6) is 0. The van der Waals surface area contributed by atoms with Crippen molar-refractivity contribution in [2.75, 3.05) is 0 Å². The van der Waals surface area contributed by atoms with Crippen LogP contribution in [0.25, 0.3) is 0 Å². The van der Waals surface area contributed by atoms with Gasteiger partial charge in [-0.15, -0.1) is 13.2 Å². The van der Waals surface area contributed by atoms with Gasteiger partial charge in [-0.05, 0) is 13.3 Å². The predicted molar refractivity (Wildman–Crippen MR) is 35.6 cm³/mol. The topological polar surface area (TPSA) is 20.2 Å². The van der Waals surface area contributed by atoms with E-state index >= 15 is 0 Å². The molecule has 0 aromatic heterocycles. The van der Waals surface area contributed by atoms with Gasteiger partial charge in [0.05, 0.1) is 5.60 Å². The zero-order valence-corrected chi connectivity index (χ0v) is 5.22. The highest BCUT2D eigenvalue weighted by Gasteiger charge is 2.10. The molecule has 1 unspecified atom stereocenters. The average Bonchev–Trinajstić information content (AvgIpc) is 1.67. The molecule has 1 atom stereocenters. The number of aliphatic hydroxyl groups is 1. The molecule has 0 spiro atoms. The molecule has 0 radical (unpaired) electrons. The SMILES string of the molecule is C=CCC(C)(O)C=C. The fourth-order valence-corrected chi connectivity index (χ4v) is 0.376. The molecule has 1 nitrogen and oxygen atoms in total. The highest BCUT2D eigenvalue weighted by molar-refractivity contribution is 4.95. The summed E-state index contributed by atoms with van der Waals surface area (Å²) in [6, 6.07) is 0. The minimum atomic E-state index is -0.762. The van der Waals surface area contributed by atoms with E-state index in [0.717, 1.165) is 0 Å². The first-order valence-corrected chi connectivity index (χ1v) is 2.59. The third kappa shape index (κ3) is 2.59. The maximum Gasteiger partial charge on any atom is 0.0831 e. The van der Waals surface area contributed by atoms with Gasteiger partial charge in [-0.1, -0.05) is 12.2 Å². The average molecular weight is 112 g/mol. The minimum Gasteiger partial charge on any atom is -0.386 e. The van der Waals surface area contributed by atoms with E-state index in [2.05, 4.69) is 13.2 Å². The molecule has 0 fully saturated rings. The second-order valence-electron chi connectivity index (χ2n) is 2.05. The Labute approximate surface area is 50.3 Å². The summed E-state index contributed by atoms with van der Waals surface area (Å²) >= 11 is 0. The number of rotatable bonds is 3. The van der Waals surface area contributed by atoms with Crippen molar-refractivity contribution in [1.29, 1.82) is 0 Å². The summed E-state index contributed by atoms with van der Waals surface area (Å²) in [5.41, 5.74) is -0.762. The molecule has 1 N–H and O–H groups in total. The van der Waals surface area contributed by atoms with Crippen molar-refractivity contribution in [3.63, 3.8) is 0 Å². The third-order valence-corrected chi connectivity index (χ3v) is 0.997. The van der Waals surface area contributed by atoms with Crippen molar-refractivity contribution in [2.24, 2.45) is 0 Å². The third-order valence-electron chi connectivity index (χ3n) is 0.997. The molecule has 0 heterocycles. The molecular formula is C7H12O. The smallest absolute Gasteiger partial charge is 0.0831 e. The Hall–Kier alpha value is -0.560. The Morgan fingerprint density at radius 1 is 1.62 bits per heavy atom. The van der Waals surface area contributed by atoms with Crippen LogP contribution in [-0.2, 0) is 0 Å². The summed E-state index contributed by atoms with van der Waals surface area (Å²) < 4.78 is 0. The molecule has 0 amide bonds. The van der Waals surface area contributed by atoms with E-state index in [1.165, 1.54) is 6.08 Å². The van der Waals surface area contributed by atoms with Gasteiger partial charge in [-0.2, -0.15) is 0 Å². The van der Waals surface area contributed by atoms with E-state index in [9.17, 15) is 0 Å². The van der Waals surface area contributed by atoms with Gasteiger partial charge in [0.2, 0.25) is 0 Å². The standard InChI is InChI=1S/C7H12O/c1-4-6-7(3,8)5-2/h4-5,8H,1-2,6H2,3H3. The van der Waals surface area contributed by atoms with E-state index in [0.29, 0.717) is 6.42 Å². The van der Waals surface area contributed by atoms with Gasteiger partial charge < -0.3 is 5.11 Å². The normalized spacial score (nSPS) is 16.8. The van der Waals surface area contributed by atoms with Crippen LogP contribution in [0.3, 0.4) is 0 Å². The van der Waals surface area contributed by atoms with Gasteiger partial charge in [0.15, 0.2) is 0 Å². The first-order valence-electron chi connectivity index (χ1n) is 2.59. The lowest BCUT2D eigenvalue weighted by atomic mass is 10.0. The summed E-state index contributed by atoms with van der Waals surface area (Å²) in [5, 5.41) is 9.13. The van der Waals surface area contributed by atoms with E-state index in [1.54, 1.807) is 13.0 Å². The Bertz CT molecular complexity index is 92.6. The molecule has 1 heteroatoms. The lowest BCUT2D eigenvalue weighted by Crippen LogP contribution is -2.18. The molecule has 8 heavy (non-hydrogen) atoms. The molecule has 46 valence electrons. The van der Waals surface area contributed by atoms with Crippen LogP contribution in [-0.4, -0.2) is 10.7 Å². The lowest BCUT2D eigenvalue weighted by molar-refractivity contribution is 0.116. The van der Waals surface area contributed by atoms with Crippen molar-refractivity contribution >= 4 is 0 Å². The van der Waals surface area contributed by atoms with Crippen LogP contribution in [0.1, 0.15) is 13.3 Å². The molecule has 0 bridgehead atoms. The first-order chi connectivity index (χ1) is 3.62. The molecule has 0 aliphatic carbocycles. The van der Waals surface area contributed by atoms with Crippen LogP contribution >= 0.6 is 0 Å². The maximum atomic E-state index is 9.13. The molecule has 0 aliphatic rings. The van der Waals surface area contributed by atoms with E-state index < -0.39 is 5.60 Å². The van der Waals surface area contributed by atoms with E-state index in [-0.39, 0.29) is 0 Å². The maximum absolute atomic E-state index is 9.13. The van der Waals surface area contributed by atoms with Crippen LogP contribution in [0, 0.1) is 0 Å². The molecule has 0 saturated carbocycles. The van der Waals surface area contributed by atoms with Crippen LogP contribution in [0.4, 0.5) is 0 Å². The summed E-state index contributed by atoms with van der Waals surface area (Å²) in [6.07, 6.45) is 3.74. The molecular weight excluding hydrogens is 100 g/mol. The second-order valence-corrected chi connectivity index (χ2v) is 2.05. The Kier molecular flexibility index (Phi) is 2.49. The van der Waals surface area contributed by atoms with Crippen molar-refractivity contribution in [3.8, 4) is 0 Å². The zero-order valence-electron chi connectivity index (χ0n) is 5.22.